The van der Waals surface area contributed by atoms with E-state index in [-0.39, 0.29) is 17.4 Å². The molecule has 0 saturated heterocycles. The molecule has 4 rings (SSSR count). The third kappa shape index (κ3) is 5.06. The van der Waals surface area contributed by atoms with E-state index in [0.29, 0.717) is 26.0 Å². The number of hydrogen-bond acceptors (Lipinski definition) is 8. The number of amides is 1. The third-order valence-corrected chi connectivity index (χ3v) is 6.88. The summed E-state index contributed by atoms with van der Waals surface area (Å²) in [6.07, 6.45) is 0. The number of nitrogens with one attached hydrogen (secondary N) is 1. The molecule has 0 aliphatic carbocycles. The van der Waals surface area contributed by atoms with E-state index in [2.05, 4.69) is 20.5 Å². The van der Waals surface area contributed by atoms with Gasteiger partial charge in [-0.1, -0.05) is 47.4 Å². The minimum absolute atomic E-state index is 0.163. The lowest BCUT2D eigenvalue weighted by atomic mass is 10.3. The van der Waals surface area contributed by atoms with Crippen molar-refractivity contribution in [2.75, 3.05) is 10.2 Å². The minimum atomic E-state index is -0.493. The molecule has 1 amide bonds. The van der Waals surface area contributed by atoms with E-state index in [1.165, 1.54) is 64.5 Å². The highest BCUT2D eigenvalue weighted by Gasteiger charge is 2.21. The molecule has 158 valence electrons. The quantitative estimate of drug-likeness (QED) is 0.331. The van der Waals surface area contributed by atoms with Crippen LogP contribution in [0, 0.1) is 11.6 Å². The standard InChI is InChI=1S/C20H15F2N5OS3/c1-12(28)27(17-9-5-3-7-15(17)22)19-23-13(10-29-19)11-30-20-26-25-18(31-20)24-16-8-4-2-6-14(16)21/h2-10H,11H2,1H3,(H,24,25). The SMILES string of the molecule is CC(=O)N(c1nc(CSc2nnc(Nc3ccccc3F)s2)cs1)c1ccccc1F. The highest BCUT2D eigenvalue weighted by molar-refractivity contribution is 8.00. The summed E-state index contributed by atoms with van der Waals surface area (Å²) in [6.45, 7) is 1.37. The monoisotopic (exact) mass is 475 g/mol. The summed E-state index contributed by atoms with van der Waals surface area (Å²) in [5, 5.41) is 13.7. The molecule has 31 heavy (non-hydrogen) atoms. The first-order valence-electron chi connectivity index (χ1n) is 8.99. The topological polar surface area (TPSA) is 71.0 Å². The molecule has 2 aromatic heterocycles. The molecule has 2 aromatic carbocycles. The van der Waals surface area contributed by atoms with Crippen LogP contribution in [0.3, 0.4) is 0 Å². The van der Waals surface area contributed by atoms with Crippen molar-refractivity contribution in [3.05, 3.63) is 71.2 Å². The number of nitrogens with zero attached hydrogens (tertiary/aromatic N) is 4. The average Bonchev–Trinajstić information content (AvgIpc) is 3.39. The van der Waals surface area contributed by atoms with Crippen molar-refractivity contribution in [2.24, 2.45) is 0 Å². The highest BCUT2D eigenvalue weighted by atomic mass is 32.2. The Bertz CT molecular complexity index is 1210. The maximum Gasteiger partial charge on any atom is 0.230 e. The summed E-state index contributed by atoms with van der Waals surface area (Å²) in [7, 11) is 0. The van der Waals surface area contributed by atoms with E-state index < -0.39 is 5.82 Å². The lowest BCUT2D eigenvalue weighted by molar-refractivity contribution is -0.115. The van der Waals surface area contributed by atoms with Crippen molar-refractivity contribution in [2.45, 2.75) is 17.0 Å². The summed E-state index contributed by atoms with van der Waals surface area (Å²) in [4.78, 5) is 17.9. The molecule has 6 nitrogen and oxygen atoms in total. The molecule has 0 atom stereocenters. The first kappa shape index (κ1) is 21.3. The van der Waals surface area contributed by atoms with Crippen LogP contribution in [0.15, 0.2) is 58.3 Å². The number of thioether (sulfide) groups is 1. The summed E-state index contributed by atoms with van der Waals surface area (Å²) < 4.78 is 28.6. The van der Waals surface area contributed by atoms with Gasteiger partial charge < -0.3 is 5.32 Å². The number of carbonyl (C=O) groups is 1. The number of carbonyl (C=O) groups excluding carboxylic acids is 1. The van der Waals surface area contributed by atoms with Crippen LogP contribution in [0.1, 0.15) is 12.6 Å². The lowest BCUT2D eigenvalue weighted by Gasteiger charge is -2.18. The Morgan fingerprint density at radius 2 is 1.84 bits per heavy atom. The van der Waals surface area contributed by atoms with Gasteiger partial charge in [0.2, 0.25) is 11.0 Å². The number of benzene rings is 2. The zero-order valence-electron chi connectivity index (χ0n) is 16.1. The summed E-state index contributed by atoms with van der Waals surface area (Å²) in [5.41, 5.74) is 1.22. The van der Waals surface area contributed by atoms with E-state index in [9.17, 15) is 13.6 Å². The Hall–Kier alpha value is -2.89. The second-order valence-corrected chi connectivity index (χ2v) is 9.23. The Labute approximate surface area is 189 Å². The van der Waals surface area contributed by atoms with Crippen LogP contribution in [-0.2, 0) is 10.5 Å². The molecule has 0 spiro atoms. The van der Waals surface area contributed by atoms with Crippen LogP contribution in [0.5, 0.6) is 0 Å². The van der Waals surface area contributed by atoms with Gasteiger partial charge in [0.1, 0.15) is 11.6 Å². The molecule has 0 fully saturated rings. The Morgan fingerprint density at radius 3 is 2.58 bits per heavy atom. The maximum absolute atomic E-state index is 14.2. The maximum atomic E-state index is 14.2. The van der Waals surface area contributed by atoms with E-state index in [4.69, 9.17) is 0 Å². The van der Waals surface area contributed by atoms with E-state index in [0.717, 1.165) is 5.69 Å². The fraction of sp³-hybridized carbons (Fsp3) is 0.100. The van der Waals surface area contributed by atoms with Gasteiger partial charge in [0, 0.05) is 18.1 Å². The number of thiazole rings is 1. The van der Waals surface area contributed by atoms with Gasteiger partial charge in [-0.25, -0.2) is 13.8 Å². The predicted octanol–water partition coefficient (Wildman–Crippen LogP) is 5.99. The molecule has 2 heterocycles. The fourth-order valence-electron chi connectivity index (χ4n) is 2.64. The molecule has 4 aromatic rings. The van der Waals surface area contributed by atoms with E-state index >= 15 is 0 Å². The Kier molecular flexibility index (Phi) is 6.54. The minimum Gasteiger partial charge on any atom is -0.328 e. The smallest absolute Gasteiger partial charge is 0.230 e. The number of para-hydroxylation sites is 2. The van der Waals surface area contributed by atoms with Gasteiger partial charge in [-0.15, -0.1) is 21.5 Å². The third-order valence-electron chi connectivity index (χ3n) is 4.00. The molecule has 0 saturated carbocycles. The van der Waals surface area contributed by atoms with Gasteiger partial charge in [-0.05, 0) is 24.3 Å². The van der Waals surface area contributed by atoms with Crippen LogP contribution in [0.4, 0.5) is 30.4 Å². The number of rotatable bonds is 7. The Balaban J connectivity index is 1.43. The van der Waals surface area contributed by atoms with Crippen molar-refractivity contribution >= 4 is 62.0 Å². The summed E-state index contributed by atoms with van der Waals surface area (Å²) in [5.74, 6) is -0.695. The first-order chi connectivity index (χ1) is 15.0. The molecule has 11 heteroatoms. The van der Waals surface area contributed by atoms with Crippen LogP contribution in [-0.4, -0.2) is 21.1 Å². The van der Waals surface area contributed by atoms with Crippen molar-refractivity contribution < 1.29 is 13.6 Å². The summed E-state index contributed by atoms with van der Waals surface area (Å²) >= 11 is 3.98. The normalized spacial score (nSPS) is 10.8. The molecule has 0 aliphatic rings. The average molecular weight is 476 g/mol. The molecule has 0 aliphatic heterocycles. The van der Waals surface area contributed by atoms with Crippen LogP contribution in [0.2, 0.25) is 0 Å². The number of halogens is 2. The fourth-order valence-corrected chi connectivity index (χ4v) is 5.28. The van der Waals surface area contributed by atoms with Gasteiger partial charge in [-0.2, -0.15) is 0 Å². The molecule has 0 unspecified atom stereocenters. The zero-order chi connectivity index (χ0) is 21.8. The lowest BCUT2D eigenvalue weighted by Crippen LogP contribution is -2.23. The predicted molar refractivity (Wildman–Crippen MR) is 120 cm³/mol. The van der Waals surface area contributed by atoms with E-state index in [1.807, 2.05) is 5.38 Å². The zero-order valence-corrected chi connectivity index (χ0v) is 18.5. The molecule has 0 bridgehead atoms. The van der Waals surface area contributed by atoms with Crippen LogP contribution < -0.4 is 10.2 Å². The van der Waals surface area contributed by atoms with Gasteiger partial charge >= 0.3 is 0 Å². The van der Waals surface area contributed by atoms with Crippen LogP contribution in [0.25, 0.3) is 0 Å². The summed E-state index contributed by atoms with van der Waals surface area (Å²) in [6, 6.07) is 12.4. The van der Waals surface area contributed by atoms with Crippen LogP contribution >= 0.6 is 34.4 Å². The van der Waals surface area contributed by atoms with Crippen molar-refractivity contribution in [3.8, 4) is 0 Å². The van der Waals surface area contributed by atoms with Gasteiger partial charge in [-0.3, -0.25) is 9.69 Å². The van der Waals surface area contributed by atoms with Gasteiger partial charge in [0.15, 0.2) is 9.47 Å². The van der Waals surface area contributed by atoms with E-state index in [1.54, 1.807) is 30.3 Å². The number of hydrogen-bond donors (Lipinski definition) is 1. The van der Waals surface area contributed by atoms with Crippen molar-refractivity contribution in [1.29, 1.82) is 0 Å². The number of aromatic nitrogens is 3. The second-order valence-electron chi connectivity index (χ2n) is 6.19. The van der Waals surface area contributed by atoms with Crippen molar-refractivity contribution in [1.82, 2.24) is 15.2 Å². The molecule has 0 radical (unpaired) electrons. The van der Waals surface area contributed by atoms with Crippen molar-refractivity contribution in [3.63, 3.8) is 0 Å². The molecular formula is C20H15F2N5OS3. The van der Waals surface area contributed by atoms with Gasteiger partial charge in [0.25, 0.3) is 0 Å². The Morgan fingerprint density at radius 1 is 1.10 bits per heavy atom. The first-order valence-corrected chi connectivity index (χ1v) is 11.7. The molecule has 1 N–H and O–H groups in total. The second kappa shape index (κ2) is 9.50. The molecular weight excluding hydrogens is 460 g/mol. The largest absolute Gasteiger partial charge is 0.328 e. The number of anilines is 4. The highest BCUT2D eigenvalue weighted by Crippen LogP contribution is 2.34. The van der Waals surface area contributed by atoms with Gasteiger partial charge in [0.05, 0.1) is 17.1 Å².